The number of carbonyl (C=O) groups is 3. The van der Waals surface area contributed by atoms with Crippen LogP contribution in [0.2, 0.25) is 10.0 Å². The largest absolute Gasteiger partial charge is 0.484 e. The smallest absolute Gasteiger partial charge is 0.332 e. The Morgan fingerprint density at radius 2 is 1.94 bits per heavy atom. The SMILES string of the molecule is C=NCc1c(N2C(=O)C3C4CC(CN4C(=O)COc4ccc(Cl)cc4)N3C2=O)ccc(C#N)c1Cl. The minimum Gasteiger partial charge on any atom is -0.484 e. The van der Waals surface area contributed by atoms with E-state index in [1.54, 1.807) is 34.1 Å². The lowest BCUT2D eigenvalue weighted by Gasteiger charge is -2.34. The Labute approximate surface area is 211 Å². The number of rotatable bonds is 6. The van der Waals surface area contributed by atoms with Crippen molar-refractivity contribution < 1.29 is 19.1 Å². The molecule has 35 heavy (non-hydrogen) atoms. The van der Waals surface area contributed by atoms with Crippen molar-refractivity contribution in [2.45, 2.75) is 31.1 Å². The number of imide groups is 1. The van der Waals surface area contributed by atoms with Gasteiger partial charge in [0.25, 0.3) is 11.8 Å². The molecule has 5 rings (SSSR count). The van der Waals surface area contributed by atoms with Crippen molar-refractivity contribution >= 4 is 53.5 Å². The molecule has 2 aromatic rings. The van der Waals surface area contributed by atoms with Gasteiger partial charge in [0.15, 0.2) is 6.61 Å². The molecule has 2 aromatic carbocycles. The number of hydrogen-bond acceptors (Lipinski definition) is 6. The molecule has 3 saturated heterocycles. The average molecular weight is 512 g/mol. The van der Waals surface area contributed by atoms with Crippen molar-refractivity contribution in [3.63, 3.8) is 0 Å². The molecular formula is C24H19Cl2N5O4. The molecule has 2 bridgehead atoms. The van der Waals surface area contributed by atoms with E-state index < -0.39 is 24.0 Å². The third kappa shape index (κ3) is 3.70. The second kappa shape index (κ2) is 8.87. The summed E-state index contributed by atoms with van der Waals surface area (Å²) < 4.78 is 5.59. The molecule has 9 nitrogen and oxygen atoms in total. The van der Waals surface area contributed by atoms with E-state index in [1.165, 1.54) is 12.1 Å². The van der Waals surface area contributed by atoms with Crippen LogP contribution < -0.4 is 9.64 Å². The minimum absolute atomic E-state index is 0.0327. The maximum atomic E-state index is 13.5. The topological polar surface area (TPSA) is 106 Å². The van der Waals surface area contributed by atoms with E-state index in [2.05, 4.69) is 11.7 Å². The van der Waals surface area contributed by atoms with Gasteiger partial charge in [0, 0.05) is 17.1 Å². The molecule has 3 fully saturated rings. The van der Waals surface area contributed by atoms with Gasteiger partial charge >= 0.3 is 6.03 Å². The third-order valence-corrected chi connectivity index (χ3v) is 7.29. The van der Waals surface area contributed by atoms with Crippen LogP contribution in [0.25, 0.3) is 0 Å². The number of halogens is 2. The summed E-state index contributed by atoms with van der Waals surface area (Å²) >= 11 is 12.2. The van der Waals surface area contributed by atoms with E-state index >= 15 is 0 Å². The summed E-state index contributed by atoms with van der Waals surface area (Å²) in [6.45, 7) is 3.64. The molecule has 11 heteroatoms. The number of urea groups is 1. The van der Waals surface area contributed by atoms with Gasteiger partial charge in [-0.25, -0.2) is 9.69 Å². The molecule has 0 N–H and O–H groups in total. The number of anilines is 1. The van der Waals surface area contributed by atoms with Gasteiger partial charge in [-0.1, -0.05) is 23.2 Å². The second-order valence-corrected chi connectivity index (χ2v) is 9.29. The number of likely N-dealkylation sites (tertiary alicyclic amines) is 1. The maximum absolute atomic E-state index is 13.5. The highest BCUT2D eigenvalue weighted by Gasteiger charge is 2.63. The molecule has 0 aromatic heterocycles. The minimum atomic E-state index is -0.792. The normalized spacial score (nSPS) is 22.4. The van der Waals surface area contributed by atoms with Crippen LogP contribution in [-0.4, -0.2) is 65.6 Å². The summed E-state index contributed by atoms with van der Waals surface area (Å²) in [6, 6.07) is 9.66. The molecule has 3 aliphatic rings. The van der Waals surface area contributed by atoms with Gasteiger partial charge in [0.1, 0.15) is 17.9 Å². The average Bonchev–Trinajstić information content (AvgIpc) is 3.51. The monoisotopic (exact) mass is 511 g/mol. The number of aliphatic imine (C=N–C) groups is 1. The van der Waals surface area contributed by atoms with Crippen molar-refractivity contribution in [2.24, 2.45) is 4.99 Å². The summed E-state index contributed by atoms with van der Waals surface area (Å²) in [5.41, 5.74) is 0.862. The van der Waals surface area contributed by atoms with E-state index in [1.807, 2.05) is 6.07 Å². The number of benzene rings is 2. The predicted octanol–water partition coefficient (Wildman–Crippen LogP) is 3.26. The number of nitrogens with zero attached hydrogens (tertiary/aromatic N) is 5. The standard InChI is InChI=1S/C24H19Cl2N5O4/c1-28-10-17-18(7-2-13(9-27)21(17)26)31-23(33)22-19-8-15(30(22)24(31)34)11-29(19)20(32)12-35-16-5-3-14(25)4-6-16/h2-7,15,19,22H,1,8,10-12H2. The number of nitriles is 1. The summed E-state index contributed by atoms with van der Waals surface area (Å²) in [6.07, 6.45) is 0.526. The van der Waals surface area contributed by atoms with Crippen LogP contribution in [0.5, 0.6) is 5.75 Å². The van der Waals surface area contributed by atoms with Crippen molar-refractivity contribution in [1.82, 2.24) is 9.80 Å². The molecule has 3 aliphatic heterocycles. The predicted molar refractivity (Wildman–Crippen MR) is 129 cm³/mol. The quantitative estimate of drug-likeness (QED) is 0.437. The van der Waals surface area contributed by atoms with Gasteiger partial charge in [-0.15, -0.1) is 0 Å². The Morgan fingerprint density at radius 3 is 2.63 bits per heavy atom. The first-order valence-electron chi connectivity index (χ1n) is 10.8. The lowest BCUT2D eigenvalue weighted by Crippen LogP contribution is -2.55. The van der Waals surface area contributed by atoms with Crippen LogP contribution in [0.4, 0.5) is 10.5 Å². The zero-order chi connectivity index (χ0) is 24.9. The number of piperazine rings is 1. The number of amides is 4. The van der Waals surface area contributed by atoms with E-state index in [9.17, 15) is 19.6 Å². The summed E-state index contributed by atoms with van der Waals surface area (Å²) in [7, 11) is 0. The highest BCUT2D eigenvalue weighted by molar-refractivity contribution is 6.33. The summed E-state index contributed by atoms with van der Waals surface area (Å²) in [5.74, 6) is -0.193. The van der Waals surface area contributed by atoms with Gasteiger partial charge in [0.2, 0.25) is 0 Å². The fourth-order valence-corrected chi connectivity index (χ4v) is 5.48. The summed E-state index contributed by atoms with van der Waals surface area (Å²) in [5, 5.41) is 9.99. The van der Waals surface area contributed by atoms with Gasteiger partial charge in [-0.05, 0) is 49.5 Å². The first-order chi connectivity index (χ1) is 16.8. The molecule has 0 radical (unpaired) electrons. The molecule has 3 unspecified atom stereocenters. The van der Waals surface area contributed by atoms with Crippen LogP contribution in [0, 0.1) is 11.3 Å². The zero-order valence-electron chi connectivity index (χ0n) is 18.4. The first kappa shape index (κ1) is 23.1. The first-order valence-corrected chi connectivity index (χ1v) is 11.6. The molecule has 178 valence electrons. The van der Waals surface area contributed by atoms with Crippen LogP contribution in [-0.2, 0) is 16.1 Å². The van der Waals surface area contributed by atoms with Gasteiger partial charge in [-0.2, -0.15) is 5.26 Å². The van der Waals surface area contributed by atoms with E-state index in [4.69, 9.17) is 27.9 Å². The number of fused-ring (bicyclic) bond motifs is 5. The Balaban J connectivity index is 1.37. The van der Waals surface area contributed by atoms with Crippen LogP contribution in [0.15, 0.2) is 41.4 Å². The Bertz CT molecular complexity index is 1290. The van der Waals surface area contributed by atoms with Gasteiger partial charge in [-0.3, -0.25) is 14.6 Å². The number of hydrogen-bond donors (Lipinski definition) is 0. The zero-order valence-corrected chi connectivity index (χ0v) is 19.9. The Kier molecular flexibility index (Phi) is 5.87. The fraction of sp³-hybridized carbons (Fsp3) is 0.292. The summed E-state index contributed by atoms with van der Waals surface area (Å²) in [4.78, 5) is 47.9. The fourth-order valence-electron chi connectivity index (χ4n) is 5.09. The lowest BCUT2D eigenvalue weighted by atomic mass is 10.1. The molecule has 4 amide bonds. The highest BCUT2D eigenvalue weighted by Crippen LogP contribution is 2.44. The second-order valence-electron chi connectivity index (χ2n) is 8.47. The van der Waals surface area contributed by atoms with Crippen LogP contribution in [0.3, 0.4) is 0 Å². The molecule has 3 atom stereocenters. The van der Waals surface area contributed by atoms with Crippen LogP contribution >= 0.6 is 23.2 Å². The van der Waals surface area contributed by atoms with Crippen molar-refractivity contribution in [3.8, 4) is 11.8 Å². The lowest BCUT2D eigenvalue weighted by molar-refractivity contribution is -0.137. The third-order valence-electron chi connectivity index (χ3n) is 6.61. The maximum Gasteiger partial charge on any atom is 0.332 e. The van der Waals surface area contributed by atoms with Gasteiger partial charge in [0.05, 0.1) is 34.9 Å². The van der Waals surface area contributed by atoms with E-state index in [0.717, 1.165) is 4.90 Å². The Hall–Kier alpha value is -3.61. The molecule has 0 saturated carbocycles. The molecule has 3 heterocycles. The molecular weight excluding hydrogens is 493 g/mol. The van der Waals surface area contributed by atoms with Crippen molar-refractivity contribution in [3.05, 3.63) is 57.6 Å². The Morgan fingerprint density at radius 1 is 1.20 bits per heavy atom. The van der Waals surface area contributed by atoms with Gasteiger partial charge < -0.3 is 14.5 Å². The van der Waals surface area contributed by atoms with E-state index in [-0.39, 0.29) is 41.4 Å². The van der Waals surface area contributed by atoms with Crippen molar-refractivity contribution in [2.75, 3.05) is 18.1 Å². The number of ether oxygens (including phenoxy) is 1. The van der Waals surface area contributed by atoms with Crippen LogP contribution in [0.1, 0.15) is 17.5 Å². The van der Waals surface area contributed by atoms with Crippen molar-refractivity contribution in [1.29, 1.82) is 5.26 Å². The number of carbonyl (C=O) groups excluding carboxylic acids is 3. The highest BCUT2D eigenvalue weighted by atomic mass is 35.5. The molecule has 0 spiro atoms. The molecule has 0 aliphatic carbocycles. The van der Waals surface area contributed by atoms with E-state index in [0.29, 0.717) is 29.3 Å².